The van der Waals surface area contributed by atoms with E-state index >= 15 is 0 Å². The monoisotopic (exact) mass is 253 g/mol. The van der Waals surface area contributed by atoms with Gasteiger partial charge in [0.1, 0.15) is 12.2 Å². The van der Waals surface area contributed by atoms with Gasteiger partial charge < -0.3 is 14.6 Å². The van der Waals surface area contributed by atoms with Gasteiger partial charge in [-0.2, -0.15) is 0 Å². The van der Waals surface area contributed by atoms with Crippen molar-refractivity contribution in [3.05, 3.63) is 24.0 Å². The number of rotatable bonds is 8. The Bertz CT molecular complexity index is 379. The summed E-state index contributed by atoms with van der Waals surface area (Å²) < 4.78 is 10.7. The van der Waals surface area contributed by atoms with Crippen LogP contribution in [0.2, 0.25) is 0 Å². The molecule has 0 atom stereocenters. The number of nitrogens with zero attached hydrogens (tertiary/aromatic N) is 1. The topological polar surface area (TPSA) is 68.7 Å². The summed E-state index contributed by atoms with van der Waals surface area (Å²) in [5.41, 5.74) is 0.118. The van der Waals surface area contributed by atoms with Crippen molar-refractivity contribution < 1.29 is 19.4 Å². The minimum Gasteiger partial charge on any atom is -0.489 e. The molecule has 1 aromatic rings. The maximum absolute atomic E-state index is 10.9. The number of carbonyl (C=O) groups is 1. The lowest BCUT2D eigenvalue weighted by atomic mass is 10.1. The number of pyridine rings is 1. The van der Waals surface area contributed by atoms with Crippen LogP contribution < -0.4 is 4.74 Å². The van der Waals surface area contributed by atoms with Crippen LogP contribution in [0, 0.1) is 5.92 Å². The first-order chi connectivity index (χ1) is 8.61. The highest BCUT2D eigenvalue weighted by Gasteiger charge is 2.10. The zero-order valence-electron chi connectivity index (χ0n) is 10.8. The van der Waals surface area contributed by atoms with Crippen LogP contribution in [0.5, 0.6) is 5.75 Å². The Labute approximate surface area is 107 Å². The van der Waals surface area contributed by atoms with Gasteiger partial charge >= 0.3 is 5.97 Å². The van der Waals surface area contributed by atoms with Crippen molar-refractivity contribution in [3.63, 3.8) is 0 Å². The van der Waals surface area contributed by atoms with E-state index in [1.165, 1.54) is 18.5 Å². The SMILES string of the molecule is CC(C)CCOCCOc1cnccc1C(=O)O. The number of ether oxygens (including phenoxy) is 2. The third-order valence-corrected chi connectivity index (χ3v) is 2.34. The molecule has 1 heterocycles. The van der Waals surface area contributed by atoms with Crippen molar-refractivity contribution in [1.82, 2.24) is 4.98 Å². The molecule has 18 heavy (non-hydrogen) atoms. The van der Waals surface area contributed by atoms with Gasteiger partial charge in [0.25, 0.3) is 0 Å². The second-order valence-electron chi connectivity index (χ2n) is 4.32. The minimum atomic E-state index is -1.02. The summed E-state index contributed by atoms with van der Waals surface area (Å²) in [5, 5.41) is 8.93. The van der Waals surface area contributed by atoms with E-state index in [1.807, 2.05) is 0 Å². The van der Waals surface area contributed by atoms with E-state index in [-0.39, 0.29) is 11.3 Å². The standard InChI is InChI=1S/C13H19NO4/c1-10(2)4-6-17-7-8-18-12-9-14-5-3-11(12)13(15)16/h3,5,9-10H,4,6-8H2,1-2H3,(H,15,16). The zero-order chi connectivity index (χ0) is 13.4. The van der Waals surface area contributed by atoms with Gasteiger partial charge in [0, 0.05) is 12.8 Å². The van der Waals surface area contributed by atoms with Gasteiger partial charge in [0.05, 0.1) is 12.8 Å². The summed E-state index contributed by atoms with van der Waals surface area (Å²) in [4.78, 5) is 14.7. The second kappa shape index (κ2) is 7.66. The molecule has 1 N–H and O–H groups in total. The van der Waals surface area contributed by atoms with Crippen molar-refractivity contribution in [2.45, 2.75) is 20.3 Å². The lowest BCUT2D eigenvalue weighted by molar-refractivity contribution is 0.0682. The zero-order valence-corrected chi connectivity index (χ0v) is 10.8. The molecule has 100 valence electrons. The Morgan fingerprint density at radius 2 is 2.17 bits per heavy atom. The van der Waals surface area contributed by atoms with E-state index in [0.29, 0.717) is 25.7 Å². The van der Waals surface area contributed by atoms with Crippen LogP contribution in [0.1, 0.15) is 30.6 Å². The molecular weight excluding hydrogens is 234 g/mol. The Morgan fingerprint density at radius 1 is 1.39 bits per heavy atom. The predicted octanol–water partition coefficient (Wildman–Crippen LogP) is 2.22. The Hall–Kier alpha value is -1.62. The summed E-state index contributed by atoms with van der Waals surface area (Å²) in [6.45, 7) is 5.73. The van der Waals surface area contributed by atoms with E-state index in [4.69, 9.17) is 14.6 Å². The Kier molecular flexibility index (Phi) is 6.14. The number of aromatic nitrogens is 1. The van der Waals surface area contributed by atoms with Crippen molar-refractivity contribution in [3.8, 4) is 5.75 Å². The van der Waals surface area contributed by atoms with Crippen LogP contribution in [0.25, 0.3) is 0 Å². The molecule has 0 unspecified atom stereocenters. The van der Waals surface area contributed by atoms with Crippen LogP contribution in [-0.2, 0) is 4.74 Å². The van der Waals surface area contributed by atoms with E-state index in [1.54, 1.807) is 0 Å². The second-order valence-corrected chi connectivity index (χ2v) is 4.32. The summed E-state index contributed by atoms with van der Waals surface area (Å²) in [7, 11) is 0. The van der Waals surface area contributed by atoms with Crippen LogP contribution in [-0.4, -0.2) is 35.9 Å². The highest BCUT2D eigenvalue weighted by Crippen LogP contribution is 2.15. The number of aromatic carboxylic acids is 1. The molecule has 0 radical (unpaired) electrons. The summed E-state index contributed by atoms with van der Waals surface area (Å²) in [6, 6.07) is 1.41. The quantitative estimate of drug-likeness (QED) is 0.719. The average molecular weight is 253 g/mol. The highest BCUT2D eigenvalue weighted by molar-refractivity contribution is 5.90. The predicted molar refractivity (Wildman–Crippen MR) is 67.0 cm³/mol. The first-order valence-electron chi connectivity index (χ1n) is 5.99. The number of hydrogen-bond acceptors (Lipinski definition) is 4. The van der Waals surface area contributed by atoms with Gasteiger partial charge in [0.2, 0.25) is 0 Å². The van der Waals surface area contributed by atoms with Gasteiger partial charge in [-0.15, -0.1) is 0 Å². The normalized spacial score (nSPS) is 10.6. The number of carboxylic acid groups (broad SMARTS) is 1. The maximum atomic E-state index is 10.9. The molecule has 0 amide bonds. The van der Waals surface area contributed by atoms with Gasteiger partial charge in [-0.25, -0.2) is 4.79 Å². The molecule has 5 nitrogen and oxygen atoms in total. The van der Waals surface area contributed by atoms with Crippen LogP contribution in [0.15, 0.2) is 18.5 Å². The molecule has 5 heteroatoms. The lowest BCUT2D eigenvalue weighted by Crippen LogP contribution is -2.11. The third-order valence-electron chi connectivity index (χ3n) is 2.34. The van der Waals surface area contributed by atoms with E-state index in [2.05, 4.69) is 18.8 Å². The highest BCUT2D eigenvalue weighted by atomic mass is 16.5. The molecule has 0 spiro atoms. The van der Waals surface area contributed by atoms with Gasteiger partial charge in [0.15, 0.2) is 5.75 Å². The smallest absolute Gasteiger partial charge is 0.339 e. The molecule has 0 fully saturated rings. The average Bonchev–Trinajstić information content (AvgIpc) is 2.33. The van der Waals surface area contributed by atoms with E-state index < -0.39 is 5.97 Å². The molecule has 0 bridgehead atoms. The molecule has 0 saturated heterocycles. The molecule has 0 aliphatic heterocycles. The first-order valence-corrected chi connectivity index (χ1v) is 5.99. The Morgan fingerprint density at radius 3 is 2.83 bits per heavy atom. The van der Waals surface area contributed by atoms with Crippen molar-refractivity contribution in [1.29, 1.82) is 0 Å². The number of carboxylic acids is 1. The van der Waals surface area contributed by atoms with Gasteiger partial charge in [-0.05, 0) is 18.4 Å². The molecule has 0 aliphatic rings. The van der Waals surface area contributed by atoms with Crippen molar-refractivity contribution in [2.75, 3.05) is 19.8 Å². The van der Waals surface area contributed by atoms with Gasteiger partial charge in [-0.1, -0.05) is 13.8 Å². The Balaban J connectivity index is 2.29. The van der Waals surface area contributed by atoms with Crippen molar-refractivity contribution in [2.24, 2.45) is 5.92 Å². The van der Waals surface area contributed by atoms with Crippen LogP contribution in [0.4, 0.5) is 0 Å². The van der Waals surface area contributed by atoms with Crippen LogP contribution in [0.3, 0.4) is 0 Å². The molecule has 1 aromatic heterocycles. The minimum absolute atomic E-state index is 0.118. The first kappa shape index (κ1) is 14.4. The molecular formula is C13H19NO4. The maximum Gasteiger partial charge on any atom is 0.339 e. The third kappa shape index (κ3) is 5.14. The van der Waals surface area contributed by atoms with E-state index in [9.17, 15) is 4.79 Å². The van der Waals surface area contributed by atoms with Crippen molar-refractivity contribution >= 4 is 5.97 Å². The fraction of sp³-hybridized carbons (Fsp3) is 0.538. The van der Waals surface area contributed by atoms with Gasteiger partial charge in [-0.3, -0.25) is 4.98 Å². The van der Waals surface area contributed by atoms with E-state index in [0.717, 1.165) is 6.42 Å². The molecule has 1 rings (SSSR count). The molecule has 0 saturated carbocycles. The lowest BCUT2D eigenvalue weighted by Gasteiger charge is -2.09. The molecule has 0 aromatic carbocycles. The summed E-state index contributed by atoms with van der Waals surface area (Å²) in [5.74, 6) is -0.131. The summed E-state index contributed by atoms with van der Waals surface area (Å²) >= 11 is 0. The number of hydrogen-bond donors (Lipinski definition) is 1. The fourth-order valence-electron chi connectivity index (χ4n) is 1.30. The fourth-order valence-corrected chi connectivity index (χ4v) is 1.30. The largest absolute Gasteiger partial charge is 0.489 e. The molecule has 0 aliphatic carbocycles. The van der Waals surface area contributed by atoms with Crippen LogP contribution >= 0.6 is 0 Å². The summed E-state index contributed by atoms with van der Waals surface area (Å²) in [6.07, 6.45) is 3.83.